The zero-order chi connectivity index (χ0) is 48.3. The number of aromatic amines is 1. The van der Waals surface area contributed by atoms with Crippen LogP contribution in [-0.2, 0) is 30.4 Å². The summed E-state index contributed by atoms with van der Waals surface area (Å²) in [7, 11) is -14.6. The fraction of sp³-hybridized carbons (Fsp3) is 0.158. The van der Waals surface area contributed by atoms with Crippen LogP contribution in [-0.4, -0.2) is 102 Å². The molecule has 6 aromatic rings. The van der Waals surface area contributed by atoms with Crippen molar-refractivity contribution in [1.82, 2.24) is 9.78 Å². The number of fused-ring (bicyclic) bond motifs is 1. The number of aromatic nitrogens is 2. The van der Waals surface area contributed by atoms with Gasteiger partial charge in [-0.05, 0) is 91.0 Å². The number of aliphatic hydroxyl groups excluding tert-OH is 2. The number of carboxylic acids is 1. The molecule has 0 spiro atoms. The maximum absolute atomic E-state index is 13.2. The summed E-state index contributed by atoms with van der Waals surface area (Å²) in [5, 5.41) is 65.9. The number of rotatable bonds is 17. The molecule has 1 heterocycles. The lowest BCUT2D eigenvalue weighted by molar-refractivity contribution is 0.0690. The van der Waals surface area contributed by atoms with Gasteiger partial charge in [-0.15, -0.1) is 25.6 Å². The third-order valence-corrected chi connectivity index (χ3v) is 11.8. The molecular weight excluding hydrogens is 937 g/mol. The fourth-order valence-corrected chi connectivity index (χ4v) is 7.76. The van der Waals surface area contributed by atoms with Crippen molar-refractivity contribution in [3.8, 4) is 22.9 Å². The van der Waals surface area contributed by atoms with Gasteiger partial charge in [-0.2, -0.15) is 30.4 Å². The second-order valence-electron chi connectivity index (χ2n) is 13.6. The Balaban J connectivity index is 1.41. The van der Waals surface area contributed by atoms with Gasteiger partial charge >= 0.3 is 5.97 Å². The molecule has 25 nitrogen and oxygen atoms in total. The number of ether oxygens (including phenoxy) is 2. The number of aliphatic hydroxyl groups is 2. The van der Waals surface area contributed by atoms with E-state index in [1.54, 1.807) is 13.8 Å². The highest BCUT2D eigenvalue weighted by Crippen LogP contribution is 2.45. The van der Waals surface area contributed by atoms with E-state index >= 15 is 0 Å². The molecule has 8 N–H and O–H groups in total. The van der Waals surface area contributed by atoms with Gasteiger partial charge in [0.05, 0.1) is 29.5 Å². The van der Waals surface area contributed by atoms with Crippen LogP contribution < -0.4 is 15.0 Å². The Kier molecular flexibility index (Phi) is 13.9. The summed E-state index contributed by atoms with van der Waals surface area (Å²) in [5.74, 6) is -2.84. The summed E-state index contributed by atoms with van der Waals surface area (Å²) in [6, 6.07) is 13.5. The van der Waals surface area contributed by atoms with E-state index in [9.17, 15) is 68.9 Å². The number of H-pyrrole nitrogens is 1. The lowest BCUT2D eigenvalue weighted by Crippen LogP contribution is -2.14. The van der Waals surface area contributed by atoms with Crippen LogP contribution in [0.4, 0.5) is 34.1 Å². The monoisotopic (exact) mass is 970 g/mol. The number of carbonyl (C=O) groups is 1. The van der Waals surface area contributed by atoms with Crippen LogP contribution in [0.1, 0.15) is 21.6 Å². The number of hydrogen-bond acceptors (Lipinski definition) is 19. The van der Waals surface area contributed by atoms with E-state index in [4.69, 9.17) is 9.47 Å². The minimum atomic E-state index is -5.21. The van der Waals surface area contributed by atoms with E-state index in [2.05, 4.69) is 35.8 Å². The van der Waals surface area contributed by atoms with Crippen molar-refractivity contribution in [2.45, 2.75) is 28.5 Å². The Hall–Kier alpha value is -7.31. The van der Waals surface area contributed by atoms with Crippen LogP contribution in [0.3, 0.4) is 0 Å². The van der Waals surface area contributed by atoms with Crippen LogP contribution in [0.5, 0.6) is 17.2 Å². The Bertz CT molecular complexity index is 3410. The number of aromatic hydroxyl groups is 1. The predicted octanol–water partition coefficient (Wildman–Crippen LogP) is 6.07. The van der Waals surface area contributed by atoms with Crippen molar-refractivity contribution in [3.05, 3.63) is 100.0 Å². The van der Waals surface area contributed by atoms with E-state index < -0.39 is 92.6 Å². The third-order valence-electron chi connectivity index (χ3n) is 9.17. The number of aromatic carboxylic acids is 1. The molecule has 28 heteroatoms. The molecule has 0 saturated carbocycles. The lowest BCUT2D eigenvalue weighted by Gasteiger charge is -2.13. The minimum absolute atomic E-state index is 0.0424. The molecule has 0 aliphatic rings. The van der Waals surface area contributed by atoms with Crippen LogP contribution in [0, 0.1) is 13.8 Å². The topological polar surface area (TPSA) is 392 Å². The lowest BCUT2D eigenvalue weighted by atomic mass is 10.1. The van der Waals surface area contributed by atoms with Crippen molar-refractivity contribution in [2.24, 2.45) is 30.7 Å². The van der Waals surface area contributed by atoms with Crippen molar-refractivity contribution in [2.75, 3.05) is 26.4 Å². The molecule has 0 unspecified atom stereocenters. The smallest absolute Gasteiger partial charge is 0.356 e. The minimum Gasteiger partial charge on any atom is -0.505 e. The summed E-state index contributed by atoms with van der Waals surface area (Å²) in [6.45, 7) is 1.60. The number of aryl methyl sites for hydroxylation is 2. The molecule has 0 radical (unpaired) electrons. The highest BCUT2D eigenvalue weighted by Gasteiger charge is 2.25. The number of hydrogen-bond donors (Lipinski definition) is 8. The molecular formula is C38H34N8O17S3. The van der Waals surface area contributed by atoms with Gasteiger partial charge < -0.3 is 29.9 Å². The Morgan fingerprint density at radius 1 is 0.652 bits per heavy atom. The number of benzene rings is 5. The quantitative estimate of drug-likeness (QED) is 0.0380. The largest absolute Gasteiger partial charge is 0.505 e. The van der Waals surface area contributed by atoms with Gasteiger partial charge in [0, 0.05) is 17.5 Å². The summed E-state index contributed by atoms with van der Waals surface area (Å²) >= 11 is 0. The Morgan fingerprint density at radius 2 is 1.20 bits per heavy atom. The van der Waals surface area contributed by atoms with Gasteiger partial charge in [0.1, 0.15) is 57.3 Å². The molecule has 6 rings (SSSR count). The number of phenolic OH excluding ortho intramolecular Hbond substituents is 1. The summed E-state index contributed by atoms with van der Waals surface area (Å²) in [4.78, 5) is 23.2. The first-order valence-electron chi connectivity index (χ1n) is 18.4. The molecule has 5 aromatic carbocycles. The number of azo groups is 3. The molecule has 0 amide bonds. The number of carboxylic acid groups (broad SMARTS) is 1. The van der Waals surface area contributed by atoms with Crippen molar-refractivity contribution < 1.29 is 73.6 Å². The second kappa shape index (κ2) is 19.0. The molecule has 0 aliphatic carbocycles. The van der Waals surface area contributed by atoms with Crippen LogP contribution >= 0.6 is 0 Å². The number of nitrogens with zero attached hydrogens (tertiary/aromatic N) is 7. The number of phenols is 1. The standard InChI is InChI=1S/C38H34N8O17S3/c1-19-13-28(31(14-20(19)2)65(56,57)58)42-40-26-17-30(63-12-10-48)27(18-29(26)62-11-9-47)41-43-33-32(66(59,60)61)16-21-15-22(3-8-25(21)36(33)49)39-44-34-35(38(51)52)45-46(37(34)50)23-4-6-24(7-5-23)64(53,54)55/h3-8,13-18,45,47-49H,9-12H2,1-2H3,(H,51,52)(H,53,54,55)(H,56,57,58)(H,59,60,61). The molecule has 0 bridgehead atoms. The summed E-state index contributed by atoms with van der Waals surface area (Å²) in [5.41, 5.74) is -2.96. The van der Waals surface area contributed by atoms with E-state index in [-0.39, 0.29) is 63.9 Å². The average molecular weight is 971 g/mol. The van der Waals surface area contributed by atoms with Crippen molar-refractivity contribution in [3.63, 3.8) is 0 Å². The van der Waals surface area contributed by atoms with Crippen LogP contribution in [0.25, 0.3) is 16.5 Å². The van der Waals surface area contributed by atoms with E-state index in [0.717, 1.165) is 47.1 Å². The van der Waals surface area contributed by atoms with E-state index in [0.29, 0.717) is 11.1 Å². The molecule has 346 valence electrons. The number of nitrogens with one attached hydrogen (secondary N) is 1. The first kappa shape index (κ1) is 48.2. The molecule has 0 atom stereocenters. The summed E-state index contributed by atoms with van der Waals surface area (Å²) < 4.78 is 114. The Labute approximate surface area is 371 Å². The van der Waals surface area contributed by atoms with Gasteiger partial charge in [0.25, 0.3) is 35.9 Å². The zero-order valence-electron chi connectivity index (χ0n) is 33.8. The third kappa shape index (κ3) is 10.6. The predicted molar refractivity (Wildman–Crippen MR) is 228 cm³/mol. The Morgan fingerprint density at radius 3 is 1.74 bits per heavy atom. The van der Waals surface area contributed by atoms with Gasteiger partial charge in [0.15, 0.2) is 17.1 Å². The first-order valence-corrected chi connectivity index (χ1v) is 22.8. The van der Waals surface area contributed by atoms with E-state index in [1.165, 1.54) is 30.3 Å². The first-order chi connectivity index (χ1) is 31.0. The van der Waals surface area contributed by atoms with Crippen LogP contribution in [0.2, 0.25) is 0 Å². The van der Waals surface area contributed by atoms with Crippen LogP contribution in [0.15, 0.2) is 123 Å². The highest BCUT2D eigenvalue weighted by atomic mass is 32.2. The van der Waals surface area contributed by atoms with Crippen molar-refractivity contribution >= 4 is 81.2 Å². The molecule has 1 aromatic heterocycles. The molecule has 0 fully saturated rings. The second-order valence-corrected chi connectivity index (χ2v) is 17.8. The maximum Gasteiger partial charge on any atom is 0.356 e. The molecule has 0 saturated heterocycles. The molecule has 66 heavy (non-hydrogen) atoms. The SMILES string of the molecule is Cc1cc(N=Nc2cc(OCCO)c(N=Nc3c(S(=O)(=O)O)cc4cc(N=Nc5c(C(=O)O)[nH]n(-c6ccc(S(=O)(=O)O)cc6)c5=O)ccc4c3O)cc2OCCO)c(S(=O)(=O)O)cc1C. The van der Waals surface area contributed by atoms with Gasteiger partial charge in [-0.25, -0.2) is 9.48 Å². The van der Waals surface area contributed by atoms with Gasteiger partial charge in [-0.1, -0.05) is 0 Å². The van der Waals surface area contributed by atoms with E-state index in [1.807, 2.05) is 0 Å². The summed E-state index contributed by atoms with van der Waals surface area (Å²) in [6.07, 6.45) is 0. The van der Waals surface area contributed by atoms with Gasteiger partial charge in [-0.3, -0.25) is 23.6 Å². The van der Waals surface area contributed by atoms with Gasteiger partial charge in [0.2, 0.25) is 0 Å². The average Bonchev–Trinajstić information content (AvgIpc) is 3.58. The normalized spacial score (nSPS) is 12.5. The molecule has 0 aliphatic heterocycles. The fourth-order valence-electron chi connectivity index (χ4n) is 5.93. The van der Waals surface area contributed by atoms with Crippen molar-refractivity contribution in [1.29, 1.82) is 0 Å². The zero-order valence-corrected chi connectivity index (χ0v) is 36.3. The highest BCUT2D eigenvalue weighted by molar-refractivity contribution is 7.86. The maximum atomic E-state index is 13.2.